The molecule has 0 bridgehead atoms. The molecule has 1 aliphatic heterocycles. The Kier molecular flexibility index (Phi) is 7.90. The van der Waals surface area contributed by atoms with Gasteiger partial charge in [-0.05, 0) is 31.2 Å². The van der Waals surface area contributed by atoms with Crippen molar-refractivity contribution in [3.8, 4) is 0 Å². The van der Waals surface area contributed by atoms with Gasteiger partial charge in [0.25, 0.3) is 0 Å². The van der Waals surface area contributed by atoms with Gasteiger partial charge < -0.3 is 15.3 Å². The molecule has 2 N–H and O–H groups in total. The zero-order chi connectivity index (χ0) is 15.5. The van der Waals surface area contributed by atoms with Gasteiger partial charge in [-0.15, -0.1) is 24.8 Å². The minimum atomic E-state index is -0.465. The van der Waals surface area contributed by atoms with Crippen molar-refractivity contribution in [1.82, 2.24) is 15.2 Å². The highest BCUT2D eigenvalue weighted by Crippen LogP contribution is 2.25. The van der Waals surface area contributed by atoms with E-state index in [1.165, 1.54) is 5.56 Å². The molecule has 0 saturated carbocycles. The Morgan fingerprint density at radius 2 is 2.04 bits per heavy atom. The van der Waals surface area contributed by atoms with E-state index < -0.39 is 6.10 Å². The van der Waals surface area contributed by atoms with Crippen molar-refractivity contribution in [1.29, 1.82) is 0 Å². The summed E-state index contributed by atoms with van der Waals surface area (Å²) in [5.74, 6) is 0.121. The van der Waals surface area contributed by atoms with E-state index in [-0.39, 0.29) is 36.6 Å². The molecule has 2 atom stereocenters. The fraction of sp³-hybridized carbons (Fsp3) is 0.412. The van der Waals surface area contributed by atoms with Gasteiger partial charge in [0, 0.05) is 30.6 Å². The second-order valence-electron chi connectivity index (χ2n) is 5.85. The maximum Gasteiger partial charge on any atom is 0.236 e. The number of aliphatic hydroxyl groups excluding tert-OH is 1. The van der Waals surface area contributed by atoms with E-state index in [1.54, 1.807) is 11.9 Å². The fourth-order valence-corrected chi connectivity index (χ4v) is 3.14. The monoisotopic (exact) mass is 371 g/mol. The molecule has 0 spiro atoms. The normalized spacial score (nSPS) is 19.7. The van der Waals surface area contributed by atoms with Crippen molar-refractivity contribution in [2.24, 2.45) is 5.92 Å². The predicted octanol–water partition coefficient (Wildman–Crippen LogP) is 1.66. The Balaban J connectivity index is 0.00000144. The maximum absolute atomic E-state index is 11.9. The molecule has 1 saturated heterocycles. The number of fused-ring (bicyclic) bond motifs is 1. The first-order chi connectivity index (χ1) is 10.7. The molecule has 3 rings (SSSR count). The van der Waals surface area contributed by atoms with Crippen LogP contribution in [0, 0.1) is 5.92 Å². The van der Waals surface area contributed by atoms with Crippen LogP contribution in [-0.4, -0.2) is 53.7 Å². The van der Waals surface area contributed by atoms with Crippen molar-refractivity contribution in [2.75, 3.05) is 26.7 Å². The highest BCUT2D eigenvalue weighted by molar-refractivity contribution is 5.85. The molecule has 1 fully saturated rings. The predicted molar refractivity (Wildman–Crippen MR) is 99.9 cm³/mol. The molecule has 1 aliphatic rings. The Hall–Kier alpha value is -1.40. The number of hydrogen-bond acceptors (Lipinski definition) is 4. The number of carbonyl (C=O) groups excluding carboxylic acids is 1. The Bertz CT molecular complexity index is 678. The molecule has 7 heteroatoms. The van der Waals surface area contributed by atoms with Crippen LogP contribution in [-0.2, 0) is 11.2 Å². The Morgan fingerprint density at radius 1 is 1.29 bits per heavy atom. The average Bonchev–Trinajstić information content (AvgIpc) is 2.89. The van der Waals surface area contributed by atoms with E-state index in [9.17, 15) is 9.90 Å². The second-order valence-corrected chi connectivity index (χ2v) is 5.85. The Morgan fingerprint density at radius 3 is 2.79 bits per heavy atom. The standard InChI is InChI=1S/C17H21N3O2.2ClH/c1-18-9-17(22)20-10-13(16(21)11-20)8-12-6-7-19-15-5-3-2-4-14(12)15;;/h2-7,13,16,18,21H,8-11H2,1H3;2*1H/t13-,16-;;/m1../s1. The number of aromatic nitrogens is 1. The van der Waals surface area contributed by atoms with Gasteiger partial charge in [-0.25, -0.2) is 0 Å². The molecule has 2 heterocycles. The summed E-state index contributed by atoms with van der Waals surface area (Å²) >= 11 is 0. The molecule has 5 nitrogen and oxygen atoms in total. The van der Waals surface area contributed by atoms with Crippen LogP contribution in [0.4, 0.5) is 0 Å². The number of nitrogens with zero attached hydrogens (tertiary/aromatic N) is 2. The Labute approximate surface area is 154 Å². The van der Waals surface area contributed by atoms with E-state index in [0.29, 0.717) is 19.6 Å². The summed E-state index contributed by atoms with van der Waals surface area (Å²) in [6, 6.07) is 10.0. The molecular weight excluding hydrogens is 349 g/mol. The third-order valence-electron chi connectivity index (χ3n) is 4.31. The SMILES string of the molecule is CNCC(=O)N1C[C@@H](Cc2ccnc3ccccc23)[C@H](O)C1.Cl.Cl. The molecule has 1 aromatic carbocycles. The van der Waals surface area contributed by atoms with Gasteiger partial charge in [0.15, 0.2) is 0 Å². The summed E-state index contributed by atoms with van der Waals surface area (Å²) in [6.07, 6.45) is 2.10. The number of rotatable bonds is 4. The van der Waals surface area contributed by atoms with Gasteiger partial charge >= 0.3 is 0 Å². The zero-order valence-electron chi connectivity index (χ0n) is 13.5. The van der Waals surface area contributed by atoms with Gasteiger partial charge in [0.2, 0.25) is 5.91 Å². The molecule has 2 aromatic rings. The van der Waals surface area contributed by atoms with Gasteiger partial charge in [-0.2, -0.15) is 0 Å². The molecular formula is C17H23Cl2N3O2. The van der Waals surface area contributed by atoms with Crippen LogP contribution in [0.2, 0.25) is 0 Å². The van der Waals surface area contributed by atoms with Gasteiger partial charge in [-0.1, -0.05) is 18.2 Å². The van der Waals surface area contributed by atoms with Gasteiger partial charge in [-0.3, -0.25) is 9.78 Å². The number of pyridine rings is 1. The summed E-state index contributed by atoms with van der Waals surface area (Å²) in [6.45, 7) is 1.35. The van der Waals surface area contributed by atoms with Crippen LogP contribution >= 0.6 is 24.8 Å². The van der Waals surface area contributed by atoms with E-state index in [4.69, 9.17) is 0 Å². The van der Waals surface area contributed by atoms with Crippen LogP contribution in [0.5, 0.6) is 0 Å². The van der Waals surface area contributed by atoms with Gasteiger partial charge in [0.05, 0.1) is 18.2 Å². The van der Waals surface area contributed by atoms with Crippen molar-refractivity contribution in [3.63, 3.8) is 0 Å². The van der Waals surface area contributed by atoms with Crippen LogP contribution < -0.4 is 5.32 Å². The average molecular weight is 372 g/mol. The molecule has 1 aromatic heterocycles. The second kappa shape index (κ2) is 9.18. The quantitative estimate of drug-likeness (QED) is 0.857. The number of benzene rings is 1. The molecule has 1 amide bonds. The van der Waals surface area contributed by atoms with Crippen molar-refractivity contribution in [2.45, 2.75) is 12.5 Å². The number of halogens is 2. The highest BCUT2D eigenvalue weighted by atomic mass is 35.5. The number of β-amino-alcohol motifs (C(OH)–C–C–N with tert-alkyl or cyclic N) is 1. The van der Waals surface area contributed by atoms with E-state index in [2.05, 4.69) is 16.4 Å². The summed E-state index contributed by atoms with van der Waals surface area (Å²) < 4.78 is 0. The molecule has 0 radical (unpaired) electrons. The lowest BCUT2D eigenvalue weighted by atomic mass is 9.94. The number of amides is 1. The molecule has 24 heavy (non-hydrogen) atoms. The largest absolute Gasteiger partial charge is 0.391 e. The smallest absolute Gasteiger partial charge is 0.236 e. The minimum absolute atomic E-state index is 0. The van der Waals surface area contributed by atoms with E-state index >= 15 is 0 Å². The maximum atomic E-state index is 11.9. The number of carbonyl (C=O) groups is 1. The summed E-state index contributed by atoms with van der Waals surface area (Å²) in [7, 11) is 1.75. The molecule has 132 valence electrons. The number of likely N-dealkylation sites (tertiary alicyclic amines) is 1. The van der Waals surface area contributed by atoms with Crippen LogP contribution in [0.25, 0.3) is 10.9 Å². The lowest BCUT2D eigenvalue weighted by molar-refractivity contribution is -0.129. The third kappa shape index (κ3) is 4.36. The first kappa shape index (κ1) is 20.6. The summed E-state index contributed by atoms with van der Waals surface area (Å²) in [5, 5.41) is 14.3. The lowest BCUT2D eigenvalue weighted by Gasteiger charge is -2.16. The number of para-hydroxylation sites is 1. The van der Waals surface area contributed by atoms with Crippen LogP contribution in [0.15, 0.2) is 36.5 Å². The molecule has 0 aliphatic carbocycles. The first-order valence-electron chi connectivity index (χ1n) is 7.62. The minimum Gasteiger partial charge on any atom is -0.391 e. The number of aliphatic hydroxyl groups is 1. The van der Waals surface area contributed by atoms with E-state index in [0.717, 1.165) is 17.3 Å². The van der Waals surface area contributed by atoms with Crippen LogP contribution in [0.3, 0.4) is 0 Å². The summed E-state index contributed by atoms with van der Waals surface area (Å²) in [4.78, 5) is 18.1. The third-order valence-corrected chi connectivity index (χ3v) is 4.31. The van der Waals surface area contributed by atoms with Crippen molar-refractivity contribution < 1.29 is 9.90 Å². The lowest BCUT2D eigenvalue weighted by Crippen LogP contribution is -2.36. The fourth-order valence-electron chi connectivity index (χ4n) is 3.14. The van der Waals surface area contributed by atoms with Crippen molar-refractivity contribution >= 4 is 41.6 Å². The zero-order valence-corrected chi connectivity index (χ0v) is 15.1. The van der Waals surface area contributed by atoms with Crippen LogP contribution in [0.1, 0.15) is 5.56 Å². The molecule has 0 unspecified atom stereocenters. The number of nitrogens with one attached hydrogen (secondary N) is 1. The topological polar surface area (TPSA) is 65.5 Å². The number of hydrogen-bond donors (Lipinski definition) is 2. The van der Waals surface area contributed by atoms with Crippen molar-refractivity contribution in [3.05, 3.63) is 42.1 Å². The summed E-state index contributed by atoms with van der Waals surface area (Å²) in [5.41, 5.74) is 2.15. The first-order valence-corrected chi connectivity index (χ1v) is 7.62. The highest BCUT2D eigenvalue weighted by Gasteiger charge is 2.33. The number of likely N-dealkylation sites (N-methyl/N-ethyl adjacent to an activating group) is 1. The van der Waals surface area contributed by atoms with Gasteiger partial charge in [0.1, 0.15) is 0 Å². The van der Waals surface area contributed by atoms with E-state index in [1.807, 2.05) is 30.5 Å².